The summed E-state index contributed by atoms with van der Waals surface area (Å²) in [5, 5.41) is 9.20. The van der Waals surface area contributed by atoms with Gasteiger partial charge in [0.1, 0.15) is 17.3 Å². The highest BCUT2D eigenvalue weighted by Crippen LogP contribution is 2.33. The van der Waals surface area contributed by atoms with Crippen LogP contribution in [0.25, 0.3) is 0 Å². The van der Waals surface area contributed by atoms with Crippen LogP contribution in [0, 0.1) is 17.7 Å². The lowest BCUT2D eigenvalue weighted by atomic mass is 10.1. The second-order valence-electron chi connectivity index (χ2n) is 8.97. The molecule has 4 rings (SSSR count). The third-order valence-electron chi connectivity index (χ3n) is 6.47. The van der Waals surface area contributed by atoms with E-state index in [0.29, 0.717) is 29.9 Å². The minimum absolute atomic E-state index is 0.0377. The molecule has 0 unspecified atom stereocenters. The number of carboxylic acids is 1. The molecular formula is C25H31FN2O4. The van der Waals surface area contributed by atoms with Crippen LogP contribution < -0.4 is 19.3 Å². The van der Waals surface area contributed by atoms with Crippen molar-refractivity contribution in [3.05, 3.63) is 48.3 Å². The summed E-state index contributed by atoms with van der Waals surface area (Å²) >= 11 is 0. The summed E-state index contributed by atoms with van der Waals surface area (Å²) in [5.74, 6) is 1.25. The summed E-state index contributed by atoms with van der Waals surface area (Å²) in [5.41, 5.74) is 1.61. The predicted octanol–water partition coefficient (Wildman–Crippen LogP) is 4.43. The molecule has 172 valence electrons. The Hall–Kier alpha value is -2.96. The first-order valence-electron chi connectivity index (χ1n) is 11.2. The Morgan fingerprint density at radius 2 is 1.91 bits per heavy atom. The number of halogens is 1. The Morgan fingerprint density at radius 1 is 1.16 bits per heavy atom. The Kier molecular flexibility index (Phi) is 6.72. The van der Waals surface area contributed by atoms with Crippen LogP contribution in [-0.2, 0) is 4.79 Å². The van der Waals surface area contributed by atoms with E-state index in [-0.39, 0.29) is 18.3 Å². The number of aliphatic carboxylic acids is 1. The van der Waals surface area contributed by atoms with E-state index in [9.17, 15) is 14.3 Å². The van der Waals surface area contributed by atoms with E-state index in [4.69, 9.17) is 9.47 Å². The molecule has 2 fully saturated rings. The van der Waals surface area contributed by atoms with Gasteiger partial charge in [-0.15, -0.1) is 0 Å². The van der Waals surface area contributed by atoms with Crippen molar-refractivity contribution in [1.82, 2.24) is 0 Å². The van der Waals surface area contributed by atoms with Gasteiger partial charge in [0, 0.05) is 43.3 Å². The fraction of sp³-hybridized carbons (Fsp3) is 0.480. The first-order valence-corrected chi connectivity index (χ1v) is 11.2. The van der Waals surface area contributed by atoms with E-state index < -0.39 is 5.97 Å². The summed E-state index contributed by atoms with van der Waals surface area (Å²) in [6, 6.07) is 12.8. The van der Waals surface area contributed by atoms with E-state index in [2.05, 4.69) is 11.8 Å². The highest BCUT2D eigenvalue weighted by molar-refractivity contribution is 5.69. The molecule has 2 aliphatic heterocycles. The Labute approximate surface area is 188 Å². The van der Waals surface area contributed by atoms with E-state index in [1.165, 1.54) is 6.07 Å². The Morgan fingerprint density at radius 3 is 2.62 bits per heavy atom. The number of carboxylic acid groups (broad SMARTS) is 1. The predicted molar refractivity (Wildman–Crippen MR) is 122 cm³/mol. The van der Waals surface area contributed by atoms with Crippen LogP contribution in [0.4, 0.5) is 15.8 Å². The lowest BCUT2D eigenvalue weighted by Gasteiger charge is -2.26. The number of methoxy groups -OCH3 is 1. The molecule has 0 aliphatic carbocycles. The SMILES string of the molecule is COc1ccc(F)c(N2CC[C@@H](COc3ccc(N4C[C@H](C)C[C@@H]4CC(=O)O)cc3)C2)c1. The van der Waals surface area contributed by atoms with Gasteiger partial charge >= 0.3 is 5.97 Å². The van der Waals surface area contributed by atoms with E-state index in [0.717, 1.165) is 43.9 Å². The average Bonchev–Trinajstić information content (AvgIpc) is 3.39. The zero-order chi connectivity index (χ0) is 22.7. The fourth-order valence-electron chi connectivity index (χ4n) is 4.86. The highest BCUT2D eigenvalue weighted by atomic mass is 19.1. The van der Waals surface area contributed by atoms with Crippen molar-refractivity contribution in [2.24, 2.45) is 11.8 Å². The van der Waals surface area contributed by atoms with Crippen molar-refractivity contribution in [2.45, 2.75) is 32.2 Å². The van der Waals surface area contributed by atoms with Gasteiger partial charge in [0.25, 0.3) is 0 Å². The van der Waals surface area contributed by atoms with Crippen LogP contribution in [0.2, 0.25) is 0 Å². The van der Waals surface area contributed by atoms with Gasteiger partial charge in [-0.25, -0.2) is 4.39 Å². The van der Waals surface area contributed by atoms with Gasteiger partial charge < -0.3 is 24.4 Å². The molecule has 6 nitrogen and oxygen atoms in total. The van der Waals surface area contributed by atoms with Crippen LogP contribution in [0.15, 0.2) is 42.5 Å². The molecule has 2 saturated heterocycles. The molecule has 2 aromatic carbocycles. The van der Waals surface area contributed by atoms with Crippen molar-refractivity contribution in [1.29, 1.82) is 0 Å². The number of ether oxygens (including phenoxy) is 2. The summed E-state index contributed by atoms with van der Waals surface area (Å²) < 4.78 is 25.5. The zero-order valence-electron chi connectivity index (χ0n) is 18.7. The van der Waals surface area contributed by atoms with Crippen LogP contribution in [0.3, 0.4) is 0 Å². The Balaban J connectivity index is 1.32. The van der Waals surface area contributed by atoms with Gasteiger partial charge in [0.15, 0.2) is 0 Å². The summed E-state index contributed by atoms with van der Waals surface area (Å²) in [7, 11) is 1.58. The normalized spacial score (nSPS) is 22.9. The van der Waals surface area contributed by atoms with E-state index in [1.54, 1.807) is 19.2 Å². The molecule has 3 atom stereocenters. The maximum absolute atomic E-state index is 14.3. The molecule has 0 radical (unpaired) electrons. The number of hydrogen-bond donors (Lipinski definition) is 1. The second kappa shape index (κ2) is 9.67. The standard InChI is InChI=1S/C25H31FN2O4/c1-17-11-20(12-25(29)30)28(14-17)19-3-5-21(6-4-19)32-16-18-9-10-27(15-18)24-13-22(31-2)7-8-23(24)26/h3-8,13,17-18,20H,9-12,14-16H2,1-2H3,(H,29,30)/t17-,18-,20-/m1/s1. The number of hydrogen-bond acceptors (Lipinski definition) is 5. The van der Waals surface area contributed by atoms with Gasteiger partial charge in [0.2, 0.25) is 0 Å². The molecule has 2 aromatic rings. The third kappa shape index (κ3) is 5.09. The summed E-state index contributed by atoms with van der Waals surface area (Å²) in [6.45, 7) is 5.13. The second-order valence-corrected chi connectivity index (χ2v) is 8.97. The number of rotatable bonds is 8. The first-order chi connectivity index (χ1) is 15.4. The molecule has 2 heterocycles. The summed E-state index contributed by atoms with van der Waals surface area (Å²) in [6.07, 6.45) is 2.00. The fourth-order valence-corrected chi connectivity index (χ4v) is 4.86. The molecular weight excluding hydrogens is 411 g/mol. The van der Waals surface area contributed by atoms with E-state index >= 15 is 0 Å². The lowest BCUT2D eigenvalue weighted by Crippen LogP contribution is -2.31. The average molecular weight is 443 g/mol. The number of carbonyl (C=O) groups is 1. The molecule has 0 amide bonds. The van der Waals surface area contributed by atoms with Crippen LogP contribution in [0.1, 0.15) is 26.2 Å². The van der Waals surface area contributed by atoms with Crippen LogP contribution >= 0.6 is 0 Å². The van der Waals surface area contributed by atoms with Crippen molar-refractivity contribution in [3.8, 4) is 11.5 Å². The van der Waals surface area contributed by atoms with Crippen molar-refractivity contribution < 1.29 is 23.8 Å². The first kappa shape index (κ1) is 22.2. The largest absolute Gasteiger partial charge is 0.497 e. The van der Waals surface area contributed by atoms with Crippen molar-refractivity contribution >= 4 is 17.3 Å². The van der Waals surface area contributed by atoms with Gasteiger partial charge in [-0.1, -0.05) is 6.92 Å². The Bertz CT molecular complexity index is 936. The maximum Gasteiger partial charge on any atom is 0.305 e. The number of nitrogens with zero attached hydrogens (tertiary/aromatic N) is 2. The number of benzene rings is 2. The van der Waals surface area contributed by atoms with E-state index in [1.807, 2.05) is 29.2 Å². The van der Waals surface area contributed by atoms with Gasteiger partial charge in [-0.05, 0) is 55.2 Å². The molecule has 0 spiro atoms. The van der Waals surface area contributed by atoms with Crippen molar-refractivity contribution in [2.75, 3.05) is 43.2 Å². The molecule has 2 aliphatic rings. The molecule has 1 N–H and O–H groups in total. The highest BCUT2D eigenvalue weighted by Gasteiger charge is 2.31. The minimum Gasteiger partial charge on any atom is -0.497 e. The smallest absolute Gasteiger partial charge is 0.305 e. The van der Waals surface area contributed by atoms with Crippen LogP contribution in [0.5, 0.6) is 11.5 Å². The summed E-state index contributed by atoms with van der Waals surface area (Å²) in [4.78, 5) is 15.4. The van der Waals surface area contributed by atoms with Gasteiger partial charge in [-0.3, -0.25) is 4.79 Å². The molecule has 0 saturated carbocycles. The molecule has 32 heavy (non-hydrogen) atoms. The molecule has 0 bridgehead atoms. The minimum atomic E-state index is -0.756. The number of anilines is 2. The third-order valence-corrected chi connectivity index (χ3v) is 6.47. The zero-order valence-corrected chi connectivity index (χ0v) is 18.7. The van der Waals surface area contributed by atoms with Crippen LogP contribution in [-0.4, -0.2) is 50.5 Å². The lowest BCUT2D eigenvalue weighted by molar-refractivity contribution is -0.137. The van der Waals surface area contributed by atoms with Crippen molar-refractivity contribution in [3.63, 3.8) is 0 Å². The molecule has 7 heteroatoms. The topological polar surface area (TPSA) is 62.2 Å². The maximum atomic E-state index is 14.3. The molecule has 0 aromatic heterocycles. The quantitative estimate of drug-likeness (QED) is 0.653. The van der Waals surface area contributed by atoms with Gasteiger partial charge in [0.05, 0.1) is 25.8 Å². The van der Waals surface area contributed by atoms with Gasteiger partial charge in [-0.2, -0.15) is 0 Å². The monoisotopic (exact) mass is 442 g/mol.